The third-order valence-corrected chi connectivity index (χ3v) is 5.17. The average molecular weight is 341 g/mol. The van der Waals surface area contributed by atoms with E-state index in [1.165, 1.54) is 24.7 Å². The Morgan fingerprint density at radius 3 is 2.76 bits per heavy atom. The first-order valence-electron chi connectivity index (χ1n) is 9.44. The van der Waals surface area contributed by atoms with Gasteiger partial charge in [-0.2, -0.15) is 0 Å². The smallest absolute Gasteiger partial charge is 0.134 e. The van der Waals surface area contributed by atoms with Crippen molar-refractivity contribution in [3.05, 3.63) is 59.9 Å². The van der Waals surface area contributed by atoms with Crippen molar-refractivity contribution in [3.63, 3.8) is 0 Å². The zero-order chi connectivity index (χ0) is 18.4. The minimum atomic E-state index is 0.103. The van der Waals surface area contributed by atoms with E-state index in [0.717, 1.165) is 48.1 Å². The standard InChI is InChI=1S/C23H32O2/c1-6-8-9-10-18-14-21(24)23(22(15-18)25-7-2)20-13-17(5)11-12-19(20)16(3)4/h7,13-15,19-20,24H,2-3,6,8-12H2,1,4-5H3/t19-,20+/m1/s1. The van der Waals surface area contributed by atoms with Crippen LogP contribution in [0, 0.1) is 5.92 Å². The van der Waals surface area contributed by atoms with Crippen LogP contribution in [0.2, 0.25) is 0 Å². The van der Waals surface area contributed by atoms with Crippen LogP contribution in [0.1, 0.15) is 69.9 Å². The molecule has 0 radical (unpaired) electrons. The van der Waals surface area contributed by atoms with Crippen LogP contribution in [0.4, 0.5) is 0 Å². The molecule has 0 aliphatic heterocycles. The first kappa shape index (κ1) is 19.4. The van der Waals surface area contributed by atoms with E-state index < -0.39 is 0 Å². The molecule has 1 aromatic rings. The van der Waals surface area contributed by atoms with Gasteiger partial charge in [-0.15, -0.1) is 0 Å². The Labute approximate surface area is 152 Å². The molecule has 0 bridgehead atoms. The van der Waals surface area contributed by atoms with E-state index in [4.69, 9.17) is 4.74 Å². The zero-order valence-electron chi connectivity index (χ0n) is 16.0. The van der Waals surface area contributed by atoms with E-state index in [9.17, 15) is 5.11 Å². The van der Waals surface area contributed by atoms with Gasteiger partial charge >= 0.3 is 0 Å². The minimum Gasteiger partial charge on any atom is -0.507 e. The highest BCUT2D eigenvalue weighted by atomic mass is 16.5. The molecule has 0 saturated carbocycles. The lowest BCUT2D eigenvalue weighted by Crippen LogP contribution is -2.17. The summed E-state index contributed by atoms with van der Waals surface area (Å²) in [5.41, 5.74) is 4.50. The Kier molecular flexibility index (Phi) is 6.92. The van der Waals surface area contributed by atoms with Gasteiger partial charge in [0, 0.05) is 11.5 Å². The van der Waals surface area contributed by atoms with Crippen molar-refractivity contribution in [1.29, 1.82) is 0 Å². The fraction of sp³-hybridized carbons (Fsp3) is 0.478. The Hall–Kier alpha value is -1.96. The van der Waals surface area contributed by atoms with E-state index in [1.54, 1.807) is 0 Å². The summed E-state index contributed by atoms with van der Waals surface area (Å²) in [6.45, 7) is 14.3. The molecule has 0 unspecified atom stereocenters. The second-order valence-electron chi connectivity index (χ2n) is 7.30. The lowest BCUT2D eigenvalue weighted by molar-refractivity contribution is 0.410. The first-order valence-corrected chi connectivity index (χ1v) is 9.44. The Morgan fingerprint density at radius 2 is 2.12 bits per heavy atom. The van der Waals surface area contributed by atoms with Crippen LogP contribution >= 0.6 is 0 Å². The lowest BCUT2D eigenvalue weighted by Gasteiger charge is -2.32. The highest BCUT2D eigenvalue weighted by molar-refractivity contribution is 5.52. The molecule has 2 atom stereocenters. The van der Waals surface area contributed by atoms with Gasteiger partial charge in [0.1, 0.15) is 11.5 Å². The summed E-state index contributed by atoms with van der Waals surface area (Å²) in [6.07, 6.45) is 10.3. The maximum absolute atomic E-state index is 10.8. The summed E-state index contributed by atoms with van der Waals surface area (Å²) in [7, 11) is 0. The molecule has 1 aromatic carbocycles. The Morgan fingerprint density at radius 1 is 1.36 bits per heavy atom. The molecular weight excluding hydrogens is 308 g/mol. The predicted octanol–water partition coefficient (Wildman–Crippen LogP) is 6.66. The molecule has 0 fully saturated rings. The van der Waals surface area contributed by atoms with Crippen molar-refractivity contribution < 1.29 is 9.84 Å². The molecule has 0 spiro atoms. The number of phenols is 1. The van der Waals surface area contributed by atoms with Crippen LogP contribution in [-0.4, -0.2) is 5.11 Å². The van der Waals surface area contributed by atoms with Gasteiger partial charge in [-0.05, 0) is 63.1 Å². The van der Waals surface area contributed by atoms with E-state index >= 15 is 0 Å². The molecule has 1 aliphatic rings. The van der Waals surface area contributed by atoms with Gasteiger partial charge in [-0.3, -0.25) is 0 Å². The number of ether oxygens (including phenoxy) is 1. The third-order valence-electron chi connectivity index (χ3n) is 5.17. The molecule has 136 valence electrons. The summed E-state index contributed by atoms with van der Waals surface area (Å²) < 4.78 is 5.73. The summed E-state index contributed by atoms with van der Waals surface area (Å²) in [5.74, 6) is 1.48. The van der Waals surface area contributed by atoms with Crippen LogP contribution in [-0.2, 0) is 6.42 Å². The fourth-order valence-corrected chi connectivity index (χ4v) is 3.82. The van der Waals surface area contributed by atoms with Crippen molar-refractivity contribution in [2.75, 3.05) is 0 Å². The van der Waals surface area contributed by atoms with Gasteiger partial charge in [0.05, 0.1) is 6.26 Å². The third kappa shape index (κ3) is 4.78. The van der Waals surface area contributed by atoms with Crippen molar-refractivity contribution >= 4 is 0 Å². The zero-order valence-corrected chi connectivity index (χ0v) is 16.0. The van der Waals surface area contributed by atoms with Crippen molar-refractivity contribution in [2.24, 2.45) is 5.92 Å². The van der Waals surface area contributed by atoms with E-state index in [0.29, 0.717) is 11.7 Å². The van der Waals surface area contributed by atoms with Crippen LogP contribution < -0.4 is 4.74 Å². The molecule has 0 saturated heterocycles. The van der Waals surface area contributed by atoms with E-state index in [1.807, 2.05) is 6.07 Å². The van der Waals surface area contributed by atoms with Crippen LogP contribution in [0.5, 0.6) is 11.5 Å². The van der Waals surface area contributed by atoms with E-state index in [2.05, 4.69) is 46.1 Å². The number of aromatic hydroxyl groups is 1. The van der Waals surface area contributed by atoms with Gasteiger partial charge in [0.25, 0.3) is 0 Å². The Balaban J connectivity index is 2.45. The molecule has 1 N–H and O–H groups in total. The summed E-state index contributed by atoms with van der Waals surface area (Å²) in [4.78, 5) is 0. The monoisotopic (exact) mass is 340 g/mol. The first-order chi connectivity index (χ1) is 12.0. The summed E-state index contributed by atoms with van der Waals surface area (Å²) in [6, 6.07) is 3.98. The molecule has 0 amide bonds. The summed E-state index contributed by atoms with van der Waals surface area (Å²) in [5, 5.41) is 10.8. The molecule has 2 heteroatoms. The molecular formula is C23H32O2. The number of hydrogen-bond donors (Lipinski definition) is 1. The molecule has 0 heterocycles. The van der Waals surface area contributed by atoms with Gasteiger partial charge < -0.3 is 9.84 Å². The molecule has 0 aromatic heterocycles. The van der Waals surface area contributed by atoms with E-state index in [-0.39, 0.29) is 5.92 Å². The highest BCUT2D eigenvalue weighted by Gasteiger charge is 2.30. The van der Waals surface area contributed by atoms with Gasteiger partial charge in [-0.1, -0.05) is 50.1 Å². The van der Waals surface area contributed by atoms with Gasteiger partial charge in [-0.25, -0.2) is 0 Å². The molecule has 1 aliphatic carbocycles. The number of aryl methyl sites for hydroxylation is 1. The van der Waals surface area contributed by atoms with Gasteiger partial charge in [0.15, 0.2) is 0 Å². The number of hydrogen-bond acceptors (Lipinski definition) is 2. The number of allylic oxidation sites excluding steroid dienone is 3. The van der Waals surface area contributed by atoms with Crippen LogP contribution in [0.3, 0.4) is 0 Å². The SMILES string of the molecule is C=COc1cc(CCCCC)cc(O)c1[C@H]1C=C(C)CC[C@@H]1C(=C)C. The highest BCUT2D eigenvalue weighted by Crippen LogP contribution is 2.47. The van der Waals surface area contributed by atoms with Gasteiger partial charge in [0.2, 0.25) is 0 Å². The molecule has 25 heavy (non-hydrogen) atoms. The maximum Gasteiger partial charge on any atom is 0.134 e. The maximum atomic E-state index is 10.8. The van der Waals surface area contributed by atoms with Crippen LogP contribution in [0.25, 0.3) is 0 Å². The van der Waals surface area contributed by atoms with Crippen molar-refractivity contribution in [1.82, 2.24) is 0 Å². The number of benzene rings is 1. The summed E-state index contributed by atoms with van der Waals surface area (Å²) >= 11 is 0. The Bertz CT molecular complexity index is 654. The topological polar surface area (TPSA) is 29.5 Å². The normalized spacial score (nSPS) is 20.0. The molecule has 2 nitrogen and oxygen atoms in total. The minimum absolute atomic E-state index is 0.103. The number of rotatable bonds is 8. The second-order valence-corrected chi connectivity index (χ2v) is 7.30. The largest absolute Gasteiger partial charge is 0.507 e. The predicted molar refractivity (Wildman–Crippen MR) is 106 cm³/mol. The van der Waals surface area contributed by atoms with Crippen LogP contribution in [0.15, 0.2) is 48.8 Å². The average Bonchev–Trinajstić information content (AvgIpc) is 2.55. The fourth-order valence-electron chi connectivity index (χ4n) is 3.82. The van der Waals surface area contributed by atoms with Crippen molar-refractivity contribution in [3.8, 4) is 11.5 Å². The number of phenolic OH excluding ortho intramolecular Hbond substituents is 1. The van der Waals surface area contributed by atoms with Crippen molar-refractivity contribution in [2.45, 2.75) is 65.2 Å². The number of unbranched alkanes of at least 4 members (excludes halogenated alkanes) is 2. The second kappa shape index (κ2) is 8.94. The lowest BCUT2D eigenvalue weighted by atomic mass is 9.73. The molecule has 2 rings (SSSR count). The quantitative estimate of drug-likeness (QED) is 0.325.